The summed E-state index contributed by atoms with van der Waals surface area (Å²) in [5.74, 6) is 0. The number of rotatable bonds is 1. The molecule has 22 heavy (non-hydrogen) atoms. The molecule has 6 nitrogen and oxygen atoms in total. The topological polar surface area (TPSA) is 86.8 Å². The summed E-state index contributed by atoms with van der Waals surface area (Å²) < 4.78 is 6.50. The first kappa shape index (κ1) is 12.3. The molecule has 0 bridgehead atoms. The van der Waals surface area contributed by atoms with E-state index in [9.17, 15) is 4.79 Å². The van der Waals surface area contributed by atoms with E-state index in [0.717, 1.165) is 16.6 Å². The highest BCUT2D eigenvalue weighted by molar-refractivity contribution is 5.81. The van der Waals surface area contributed by atoms with E-state index in [-0.39, 0.29) is 0 Å². The Kier molecular flexibility index (Phi) is 2.53. The average molecular weight is 289 g/mol. The first-order valence-corrected chi connectivity index (χ1v) is 6.60. The Hall–Kier alpha value is -3.46. The van der Waals surface area contributed by atoms with Crippen LogP contribution in [0.5, 0.6) is 0 Å². The van der Waals surface area contributed by atoms with Crippen LogP contribution in [0.2, 0.25) is 0 Å². The van der Waals surface area contributed by atoms with Crippen molar-refractivity contribution in [2.45, 2.75) is 0 Å². The SMILES string of the molecule is N#Cc1ccc(-c2nc3ccccc3[n+]3[nH]oc(=O)c23)cc1. The normalized spacial score (nSPS) is 10.9. The molecule has 0 atom stereocenters. The van der Waals surface area contributed by atoms with E-state index in [1.807, 2.05) is 24.3 Å². The average Bonchev–Trinajstić information content (AvgIpc) is 2.97. The lowest BCUT2D eigenvalue weighted by Gasteiger charge is -2.00. The third-order valence-electron chi connectivity index (χ3n) is 3.51. The van der Waals surface area contributed by atoms with E-state index in [1.54, 1.807) is 28.8 Å². The highest BCUT2D eigenvalue weighted by atomic mass is 16.5. The van der Waals surface area contributed by atoms with Gasteiger partial charge >= 0.3 is 11.1 Å². The van der Waals surface area contributed by atoms with Gasteiger partial charge in [-0.1, -0.05) is 24.3 Å². The van der Waals surface area contributed by atoms with E-state index in [1.165, 1.54) is 0 Å². The van der Waals surface area contributed by atoms with Crippen LogP contribution in [0.1, 0.15) is 5.56 Å². The number of fused-ring (bicyclic) bond motifs is 3. The number of H-pyrrole nitrogens is 1. The number of aromatic nitrogens is 3. The summed E-state index contributed by atoms with van der Waals surface area (Å²) in [6.07, 6.45) is 0. The monoisotopic (exact) mass is 289 g/mol. The van der Waals surface area contributed by atoms with Crippen molar-refractivity contribution in [3.8, 4) is 17.3 Å². The van der Waals surface area contributed by atoms with Crippen LogP contribution in [-0.2, 0) is 0 Å². The van der Waals surface area contributed by atoms with Gasteiger partial charge in [0.05, 0.1) is 11.6 Å². The second-order valence-electron chi connectivity index (χ2n) is 4.80. The molecule has 2 aromatic heterocycles. The Bertz CT molecular complexity index is 1100. The fraction of sp³-hybridized carbons (Fsp3) is 0. The summed E-state index contributed by atoms with van der Waals surface area (Å²) in [7, 11) is 0. The van der Waals surface area contributed by atoms with Gasteiger partial charge in [-0.3, -0.25) is 4.52 Å². The van der Waals surface area contributed by atoms with E-state index < -0.39 is 5.63 Å². The van der Waals surface area contributed by atoms with Crippen LogP contribution in [0.4, 0.5) is 0 Å². The fourth-order valence-corrected chi connectivity index (χ4v) is 2.47. The fourth-order valence-electron chi connectivity index (χ4n) is 2.47. The van der Waals surface area contributed by atoms with Crippen molar-refractivity contribution in [1.82, 2.24) is 10.3 Å². The number of para-hydroxylation sites is 2. The standard InChI is InChI=1S/C16H8N4O2/c17-9-10-5-7-11(8-6-10)14-15-16(21)22-19-20(15)13-4-2-1-3-12(13)18-14/h1-8H/p+1. The van der Waals surface area contributed by atoms with Gasteiger partial charge in [0.15, 0.2) is 5.69 Å². The number of aromatic amines is 1. The Morgan fingerprint density at radius 2 is 1.91 bits per heavy atom. The molecule has 2 heterocycles. The lowest BCUT2D eigenvalue weighted by Crippen LogP contribution is -2.27. The maximum absolute atomic E-state index is 12.0. The maximum atomic E-state index is 12.0. The van der Waals surface area contributed by atoms with Crippen LogP contribution in [0.15, 0.2) is 57.8 Å². The highest BCUT2D eigenvalue weighted by Gasteiger charge is 2.24. The first-order chi connectivity index (χ1) is 10.8. The Labute approximate surface area is 123 Å². The summed E-state index contributed by atoms with van der Waals surface area (Å²) in [4.78, 5) is 16.6. The minimum atomic E-state index is -0.488. The van der Waals surface area contributed by atoms with Crippen molar-refractivity contribution in [3.63, 3.8) is 0 Å². The lowest BCUT2D eigenvalue weighted by atomic mass is 10.1. The van der Waals surface area contributed by atoms with Gasteiger partial charge in [-0.15, -0.1) is 0 Å². The number of nitrogens with one attached hydrogen (secondary N) is 1. The molecule has 6 heteroatoms. The molecule has 4 rings (SSSR count). The van der Waals surface area contributed by atoms with Crippen LogP contribution in [0.25, 0.3) is 27.8 Å². The quantitative estimate of drug-likeness (QED) is 0.541. The minimum Gasteiger partial charge on any atom is -0.282 e. The second-order valence-corrected chi connectivity index (χ2v) is 4.80. The van der Waals surface area contributed by atoms with Gasteiger partial charge in [0.1, 0.15) is 5.52 Å². The summed E-state index contributed by atoms with van der Waals surface area (Å²) in [5, 5.41) is 11.5. The zero-order valence-corrected chi connectivity index (χ0v) is 11.3. The Morgan fingerprint density at radius 3 is 2.68 bits per heavy atom. The molecule has 0 aliphatic heterocycles. The van der Waals surface area contributed by atoms with Gasteiger partial charge in [0.2, 0.25) is 0 Å². The van der Waals surface area contributed by atoms with Gasteiger partial charge in [0.25, 0.3) is 5.52 Å². The van der Waals surface area contributed by atoms with Crippen LogP contribution < -0.4 is 10.1 Å². The predicted octanol–water partition coefficient (Wildman–Crippen LogP) is 1.79. The summed E-state index contributed by atoms with van der Waals surface area (Å²) in [5.41, 5.74) is 3.14. The summed E-state index contributed by atoms with van der Waals surface area (Å²) >= 11 is 0. The molecular formula is C16H9N4O2+. The van der Waals surface area contributed by atoms with Crippen LogP contribution in [0.3, 0.4) is 0 Å². The molecule has 0 radical (unpaired) electrons. The minimum absolute atomic E-state index is 0.336. The number of benzene rings is 2. The summed E-state index contributed by atoms with van der Waals surface area (Å²) in [6.45, 7) is 0. The van der Waals surface area contributed by atoms with Crippen LogP contribution in [-0.4, -0.2) is 10.3 Å². The Morgan fingerprint density at radius 1 is 1.14 bits per heavy atom. The number of nitrogens with zero attached hydrogens (tertiary/aromatic N) is 3. The van der Waals surface area contributed by atoms with Crippen LogP contribution in [0, 0.1) is 11.3 Å². The van der Waals surface area contributed by atoms with Gasteiger partial charge in [0, 0.05) is 11.6 Å². The van der Waals surface area contributed by atoms with Crippen molar-refractivity contribution < 1.29 is 9.04 Å². The number of nitriles is 1. The third kappa shape index (κ3) is 1.70. The lowest BCUT2D eigenvalue weighted by molar-refractivity contribution is -0.568. The smallest absolute Gasteiger partial charge is 0.282 e. The molecule has 0 aliphatic carbocycles. The second kappa shape index (κ2) is 4.53. The molecule has 104 valence electrons. The Balaban J connectivity index is 2.12. The van der Waals surface area contributed by atoms with Crippen molar-refractivity contribution in [3.05, 3.63) is 64.5 Å². The van der Waals surface area contributed by atoms with Gasteiger partial charge in [-0.2, -0.15) is 5.26 Å². The number of hydrogen-bond acceptors (Lipinski definition) is 4. The molecule has 0 aliphatic rings. The third-order valence-corrected chi connectivity index (χ3v) is 3.51. The van der Waals surface area contributed by atoms with Crippen molar-refractivity contribution in [2.75, 3.05) is 0 Å². The molecule has 4 aromatic rings. The zero-order chi connectivity index (χ0) is 15.1. The van der Waals surface area contributed by atoms with E-state index in [2.05, 4.69) is 16.3 Å². The van der Waals surface area contributed by atoms with E-state index in [0.29, 0.717) is 16.8 Å². The first-order valence-electron chi connectivity index (χ1n) is 6.60. The molecule has 0 saturated heterocycles. The van der Waals surface area contributed by atoms with Gasteiger partial charge in [-0.25, -0.2) is 9.78 Å². The molecule has 0 amide bonds. The molecule has 0 fully saturated rings. The van der Waals surface area contributed by atoms with E-state index in [4.69, 9.17) is 9.78 Å². The van der Waals surface area contributed by atoms with Crippen LogP contribution >= 0.6 is 0 Å². The molecule has 0 spiro atoms. The van der Waals surface area contributed by atoms with E-state index >= 15 is 0 Å². The summed E-state index contributed by atoms with van der Waals surface area (Å²) in [6, 6.07) is 16.4. The van der Waals surface area contributed by atoms with Crippen molar-refractivity contribution in [2.24, 2.45) is 0 Å². The maximum Gasteiger partial charge on any atom is 0.437 e. The predicted molar refractivity (Wildman–Crippen MR) is 77.9 cm³/mol. The van der Waals surface area contributed by atoms with Crippen molar-refractivity contribution in [1.29, 1.82) is 5.26 Å². The molecule has 0 unspecified atom stereocenters. The molecule has 1 N–H and O–H groups in total. The molecular weight excluding hydrogens is 280 g/mol. The number of hydrogen-bond donors (Lipinski definition) is 1. The molecule has 0 saturated carbocycles. The van der Waals surface area contributed by atoms with Crippen molar-refractivity contribution >= 4 is 16.6 Å². The van der Waals surface area contributed by atoms with Gasteiger partial charge in [-0.05, 0) is 28.0 Å². The highest BCUT2D eigenvalue weighted by Crippen LogP contribution is 2.21. The molecule has 2 aromatic carbocycles. The largest absolute Gasteiger partial charge is 0.437 e. The zero-order valence-electron chi connectivity index (χ0n) is 11.3. The van der Waals surface area contributed by atoms with Gasteiger partial charge < -0.3 is 0 Å².